The second kappa shape index (κ2) is 13.3. The van der Waals surface area contributed by atoms with E-state index in [1.807, 2.05) is 44.9 Å². The number of nitrogens with two attached hydrogens (primary N) is 1. The Labute approximate surface area is 277 Å². The van der Waals surface area contributed by atoms with E-state index in [1.165, 1.54) is 17.8 Å². The molecule has 14 nitrogen and oxygen atoms in total. The Kier molecular flexibility index (Phi) is 9.69. The van der Waals surface area contributed by atoms with Crippen LogP contribution >= 0.6 is 7.75 Å². The molecule has 1 aliphatic heterocycles. The van der Waals surface area contributed by atoms with Crippen LogP contribution in [0.25, 0.3) is 21.9 Å². The molecule has 16 heteroatoms. The summed E-state index contributed by atoms with van der Waals surface area (Å²) in [6, 6.07) is 11.2. The van der Waals surface area contributed by atoms with Gasteiger partial charge in [-0.05, 0) is 23.8 Å². The third-order valence-corrected chi connectivity index (χ3v) is 9.12. The van der Waals surface area contributed by atoms with E-state index in [-0.39, 0.29) is 34.9 Å². The van der Waals surface area contributed by atoms with Gasteiger partial charge in [0, 0.05) is 19.5 Å². The maximum Gasteiger partial charge on any atom is 0.459 e. The maximum atomic E-state index is 16.5. The number of esters is 1. The third-order valence-electron chi connectivity index (χ3n) is 7.49. The van der Waals surface area contributed by atoms with Crippen molar-refractivity contribution in [3.63, 3.8) is 0 Å². The minimum absolute atomic E-state index is 0.107. The summed E-state index contributed by atoms with van der Waals surface area (Å²) in [5.74, 6) is 1.74. The molecule has 4 aromatic rings. The van der Waals surface area contributed by atoms with E-state index in [2.05, 4.69) is 20.0 Å². The van der Waals surface area contributed by atoms with E-state index in [0.717, 1.165) is 5.39 Å². The molecule has 4 N–H and O–H groups in total. The number of benzene rings is 2. The molecule has 0 aliphatic carbocycles. The van der Waals surface area contributed by atoms with Gasteiger partial charge in [0.1, 0.15) is 24.0 Å². The van der Waals surface area contributed by atoms with E-state index in [4.69, 9.17) is 30.7 Å². The smallest absolute Gasteiger partial charge is 0.459 e. The van der Waals surface area contributed by atoms with Gasteiger partial charge in [-0.25, -0.2) is 13.9 Å². The van der Waals surface area contributed by atoms with Crippen LogP contribution < -0.4 is 20.2 Å². The summed E-state index contributed by atoms with van der Waals surface area (Å²) < 4.78 is 55.1. The quantitative estimate of drug-likeness (QED) is 0.118. The van der Waals surface area contributed by atoms with Crippen LogP contribution in [0.5, 0.6) is 5.75 Å². The molecule has 1 saturated heterocycles. The van der Waals surface area contributed by atoms with Gasteiger partial charge in [0.2, 0.25) is 11.6 Å². The number of rotatable bonds is 11. The van der Waals surface area contributed by atoms with Gasteiger partial charge in [0.05, 0.1) is 19.5 Å². The summed E-state index contributed by atoms with van der Waals surface area (Å²) in [4.78, 5) is 27.2. The number of alkyl halides is 1. The highest BCUT2D eigenvalue weighted by atomic mass is 31.2. The van der Waals surface area contributed by atoms with Gasteiger partial charge >= 0.3 is 13.7 Å². The van der Waals surface area contributed by atoms with E-state index >= 15 is 4.39 Å². The molecule has 0 radical (unpaired) electrons. The van der Waals surface area contributed by atoms with E-state index in [9.17, 15) is 14.5 Å². The van der Waals surface area contributed by atoms with Gasteiger partial charge in [0.15, 0.2) is 23.2 Å². The number of aromatic nitrogens is 4. The molecule has 2 aromatic heterocycles. The van der Waals surface area contributed by atoms with Crippen LogP contribution in [0.2, 0.25) is 0 Å². The summed E-state index contributed by atoms with van der Waals surface area (Å²) in [6.07, 6.45) is 1.80. The molecule has 5 rings (SSSR count). The number of aliphatic hydroxyl groups excluding tert-OH is 1. The van der Waals surface area contributed by atoms with Gasteiger partial charge in [-0.1, -0.05) is 63.1 Å². The van der Waals surface area contributed by atoms with Crippen LogP contribution in [-0.4, -0.2) is 81.8 Å². The average molecular weight is 684 g/mol. The number of anilines is 2. The van der Waals surface area contributed by atoms with Gasteiger partial charge in [-0.2, -0.15) is 15.1 Å². The topological polar surface area (TPSA) is 176 Å². The van der Waals surface area contributed by atoms with Crippen molar-refractivity contribution in [3.8, 4) is 18.1 Å². The number of nitrogens with one attached hydrogen (secondary N) is 1. The third kappa shape index (κ3) is 7.08. The van der Waals surface area contributed by atoms with Crippen LogP contribution in [-0.2, 0) is 23.4 Å². The SMILES string of the molecule is C#C[C@@]1(F)[C@H](O)[C@@H](CO[P@@](=O)(N[C@@H](C)C(=O)OCC(C)(C)C)Oc2cccc3ccccc23)O[C@H]1n1cnc2c(N(C)C)nc(N)nc21. The fraction of sp³-hybridized carbons (Fsp3) is 0.438. The number of halogens is 1. The zero-order valence-corrected chi connectivity index (χ0v) is 28.3. The minimum atomic E-state index is -4.47. The molecule has 2 aromatic carbocycles. The standard InChI is InChI=1S/C32H39FN7O7P/c1-8-32(33)25(41)23(46-29(32)40-18-35-24-26(39(6)7)36-30(34)37-27(24)40)16-45-48(43,38-19(2)28(42)44-17-31(3,4)5)47-22-15-11-13-20-12-9-10-14-21(20)22/h1,9-15,18-19,23,25,29,41H,16-17H2,2-7H3,(H,38,43)(H2,34,36,37)/t19-,23+,25+,29+,32+,48-/m0/s1. The molecule has 0 bridgehead atoms. The molecule has 0 saturated carbocycles. The molecule has 1 fully saturated rings. The Bertz CT molecular complexity index is 1900. The second-order valence-electron chi connectivity index (χ2n) is 12.9. The van der Waals surface area contributed by atoms with Crippen molar-refractivity contribution >= 4 is 47.4 Å². The van der Waals surface area contributed by atoms with Crippen molar-refractivity contribution in [2.45, 2.75) is 57.8 Å². The summed E-state index contributed by atoms with van der Waals surface area (Å²) in [7, 11) is -1.02. The lowest BCUT2D eigenvalue weighted by Gasteiger charge is -2.26. The number of aliphatic hydroxyl groups is 1. The first kappa shape index (κ1) is 35.0. The number of terminal acetylenes is 1. The fourth-order valence-electron chi connectivity index (χ4n) is 5.08. The molecule has 0 spiro atoms. The summed E-state index contributed by atoms with van der Waals surface area (Å²) in [5.41, 5.74) is 3.19. The largest absolute Gasteiger partial charge is 0.464 e. The second-order valence-corrected chi connectivity index (χ2v) is 14.6. The molecule has 3 heterocycles. The summed E-state index contributed by atoms with van der Waals surface area (Å²) in [5, 5.41) is 15.2. The van der Waals surface area contributed by atoms with E-state index in [0.29, 0.717) is 11.2 Å². The maximum absolute atomic E-state index is 16.5. The van der Waals surface area contributed by atoms with Crippen LogP contribution in [0.3, 0.4) is 0 Å². The van der Waals surface area contributed by atoms with Crippen molar-refractivity contribution < 1.29 is 37.4 Å². The van der Waals surface area contributed by atoms with Crippen LogP contribution in [0.1, 0.15) is 33.9 Å². The molecule has 6 atom stereocenters. The van der Waals surface area contributed by atoms with Crippen LogP contribution in [0, 0.1) is 17.8 Å². The lowest BCUT2D eigenvalue weighted by molar-refractivity contribution is -0.148. The molecule has 48 heavy (non-hydrogen) atoms. The zero-order valence-electron chi connectivity index (χ0n) is 27.5. The number of fused-ring (bicyclic) bond motifs is 2. The van der Waals surface area contributed by atoms with Crippen molar-refractivity contribution in [1.82, 2.24) is 24.6 Å². The minimum Gasteiger partial charge on any atom is -0.464 e. The first-order valence-electron chi connectivity index (χ1n) is 15.1. The van der Waals surface area contributed by atoms with Gasteiger partial charge < -0.3 is 29.7 Å². The Morgan fingerprint density at radius 1 is 1.27 bits per heavy atom. The Hall–Kier alpha value is -4.32. The van der Waals surface area contributed by atoms with Crippen LogP contribution in [0.15, 0.2) is 48.8 Å². The van der Waals surface area contributed by atoms with Crippen molar-refractivity contribution in [1.29, 1.82) is 0 Å². The number of imidazole rings is 1. The first-order valence-corrected chi connectivity index (χ1v) is 16.6. The van der Waals surface area contributed by atoms with Crippen molar-refractivity contribution in [2.24, 2.45) is 5.41 Å². The predicted molar refractivity (Wildman–Crippen MR) is 178 cm³/mol. The van der Waals surface area contributed by atoms with Crippen LogP contribution in [0.4, 0.5) is 16.2 Å². The lowest BCUT2D eigenvalue weighted by Crippen LogP contribution is -2.42. The van der Waals surface area contributed by atoms with E-state index < -0.39 is 50.5 Å². The molecule has 256 valence electrons. The number of carbonyl (C=O) groups is 1. The number of hydrogen-bond donors (Lipinski definition) is 3. The number of carbonyl (C=O) groups excluding carboxylic acids is 1. The van der Waals surface area contributed by atoms with Gasteiger partial charge in [-0.3, -0.25) is 13.9 Å². The fourth-order valence-corrected chi connectivity index (χ4v) is 6.60. The van der Waals surface area contributed by atoms with E-state index in [1.54, 1.807) is 43.3 Å². The summed E-state index contributed by atoms with van der Waals surface area (Å²) in [6.45, 7) is 6.56. The number of ether oxygens (including phenoxy) is 2. The molecular weight excluding hydrogens is 644 g/mol. The molecule has 0 amide bonds. The first-order chi connectivity index (χ1) is 22.5. The van der Waals surface area contributed by atoms with Gasteiger partial charge in [-0.15, -0.1) is 6.42 Å². The molecule has 1 aliphatic rings. The Morgan fingerprint density at radius 3 is 2.67 bits per heavy atom. The van der Waals surface area contributed by atoms with Crippen molar-refractivity contribution in [2.75, 3.05) is 37.9 Å². The number of hydrogen-bond acceptors (Lipinski definition) is 12. The highest BCUT2D eigenvalue weighted by molar-refractivity contribution is 7.52. The zero-order chi connectivity index (χ0) is 35.0. The normalized spacial score (nSPS) is 23.0. The molecule has 0 unspecified atom stereocenters. The number of nitrogen functional groups attached to an aromatic ring is 1. The highest BCUT2D eigenvalue weighted by Gasteiger charge is 2.58. The van der Waals surface area contributed by atoms with Crippen molar-refractivity contribution in [3.05, 3.63) is 48.8 Å². The molecular formula is C32H39FN7O7P. The number of nitrogens with zero attached hydrogens (tertiary/aromatic N) is 5. The lowest BCUT2D eigenvalue weighted by atomic mass is 9.97. The summed E-state index contributed by atoms with van der Waals surface area (Å²) >= 11 is 0. The highest BCUT2D eigenvalue weighted by Crippen LogP contribution is 2.49. The predicted octanol–water partition coefficient (Wildman–Crippen LogP) is 4.00. The van der Waals surface area contributed by atoms with Gasteiger partial charge in [0.25, 0.3) is 0 Å². The Balaban J connectivity index is 1.43. The average Bonchev–Trinajstić information content (AvgIpc) is 3.55. The Morgan fingerprint density at radius 2 is 1.98 bits per heavy atom. The monoisotopic (exact) mass is 683 g/mol.